The number of hydrogen-bond acceptors (Lipinski definition) is 5. The second-order valence-electron chi connectivity index (χ2n) is 2.94. The summed E-state index contributed by atoms with van der Waals surface area (Å²) in [6.07, 6.45) is 3.44. The summed E-state index contributed by atoms with van der Waals surface area (Å²) >= 11 is 1.43. The van der Waals surface area contributed by atoms with Crippen LogP contribution < -0.4 is 10.5 Å². The first-order valence-corrected chi connectivity index (χ1v) is 5.39. The smallest absolute Gasteiger partial charge is 0.180 e. The standard InChI is InChI=1S/C9H12N4OS/c1-3-13-8(6(14-2)4-12-13)7-5-11-9(10)15-7/h4-5H,3H2,1-2H3,(H2,10,11). The Morgan fingerprint density at radius 2 is 2.33 bits per heavy atom. The minimum Gasteiger partial charge on any atom is -0.493 e. The Bertz CT molecular complexity index is 441. The van der Waals surface area contributed by atoms with Crippen molar-refractivity contribution in [2.24, 2.45) is 0 Å². The van der Waals surface area contributed by atoms with Crippen LogP contribution in [0.2, 0.25) is 0 Å². The first-order valence-electron chi connectivity index (χ1n) is 4.57. The molecule has 2 heterocycles. The van der Waals surface area contributed by atoms with E-state index in [0.717, 1.165) is 22.9 Å². The van der Waals surface area contributed by atoms with Gasteiger partial charge in [0.15, 0.2) is 10.9 Å². The van der Waals surface area contributed by atoms with Gasteiger partial charge in [-0.25, -0.2) is 4.98 Å². The highest BCUT2D eigenvalue weighted by Gasteiger charge is 2.14. The van der Waals surface area contributed by atoms with E-state index in [9.17, 15) is 0 Å². The van der Waals surface area contributed by atoms with E-state index < -0.39 is 0 Å². The molecule has 0 spiro atoms. The maximum atomic E-state index is 5.60. The highest BCUT2D eigenvalue weighted by molar-refractivity contribution is 7.18. The Hall–Kier alpha value is -1.56. The van der Waals surface area contributed by atoms with E-state index in [2.05, 4.69) is 10.1 Å². The van der Waals surface area contributed by atoms with E-state index in [1.165, 1.54) is 11.3 Å². The molecule has 5 nitrogen and oxygen atoms in total. The number of aryl methyl sites for hydroxylation is 1. The van der Waals surface area contributed by atoms with Crippen LogP contribution in [0.5, 0.6) is 5.75 Å². The molecule has 0 aliphatic heterocycles. The van der Waals surface area contributed by atoms with Gasteiger partial charge in [0.25, 0.3) is 0 Å². The lowest BCUT2D eigenvalue weighted by Gasteiger charge is -2.03. The molecule has 0 saturated heterocycles. The number of nitrogens with zero attached hydrogens (tertiary/aromatic N) is 3. The van der Waals surface area contributed by atoms with Crippen molar-refractivity contribution in [1.29, 1.82) is 0 Å². The molecule has 2 aromatic heterocycles. The van der Waals surface area contributed by atoms with Crippen molar-refractivity contribution in [1.82, 2.24) is 14.8 Å². The summed E-state index contributed by atoms with van der Waals surface area (Å²) in [4.78, 5) is 5.00. The SMILES string of the molecule is CCn1ncc(OC)c1-c1cnc(N)s1. The third kappa shape index (κ3) is 1.68. The molecule has 0 fully saturated rings. The predicted molar refractivity (Wildman–Crippen MR) is 60.0 cm³/mol. The van der Waals surface area contributed by atoms with Crippen LogP contribution in [0.3, 0.4) is 0 Å². The summed E-state index contributed by atoms with van der Waals surface area (Å²) in [7, 11) is 1.63. The predicted octanol–water partition coefficient (Wildman–Crippen LogP) is 1.62. The molecule has 2 rings (SSSR count). The Balaban J connectivity index is 2.53. The van der Waals surface area contributed by atoms with Gasteiger partial charge in [-0.15, -0.1) is 0 Å². The van der Waals surface area contributed by atoms with Gasteiger partial charge < -0.3 is 10.5 Å². The molecule has 0 amide bonds. The number of methoxy groups -OCH3 is 1. The average molecular weight is 224 g/mol. The lowest BCUT2D eigenvalue weighted by atomic mass is 10.3. The van der Waals surface area contributed by atoms with Crippen molar-refractivity contribution >= 4 is 16.5 Å². The maximum Gasteiger partial charge on any atom is 0.180 e. The Kier molecular flexibility index (Phi) is 2.59. The van der Waals surface area contributed by atoms with Crippen LogP contribution in [0, 0.1) is 0 Å². The molecule has 0 unspecified atom stereocenters. The molecule has 0 aromatic carbocycles. The lowest BCUT2D eigenvalue weighted by Crippen LogP contribution is -1.98. The van der Waals surface area contributed by atoms with Gasteiger partial charge in [0.1, 0.15) is 5.69 Å². The van der Waals surface area contributed by atoms with Crippen molar-refractivity contribution < 1.29 is 4.74 Å². The summed E-state index contributed by atoms with van der Waals surface area (Å²) < 4.78 is 7.11. The van der Waals surface area contributed by atoms with Gasteiger partial charge in [0.2, 0.25) is 0 Å². The van der Waals surface area contributed by atoms with E-state index >= 15 is 0 Å². The van der Waals surface area contributed by atoms with E-state index in [1.54, 1.807) is 19.5 Å². The molecule has 2 aromatic rings. The van der Waals surface area contributed by atoms with E-state index in [-0.39, 0.29) is 0 Å². The molecule has 2 N–H and O–H groups in total. The average Bonchev–Trinajstić information content (AvgIpc) is 2.82. The van der Waals surface area contributed by atoms with Crippen LogP contribution in [-0.2, 0) is 6.54 Å². The summed E-state index contributed by atoms with van der Waals surface area (Å²) in [5.41, 5.74) is 6.54. The van der Waals surface area contributed by atoms with Gasteiger partial charge >= 0.3 is 0 Å². The second-order valence-corrected chi connectivity index (χ2v) is 4.00. The summed E-state index contributed by atoms with van der Waals surface area (Å²) in [5, 5.41) is 4.77. The van der Waals surface area contributed by atoms with Gasteiger partial charge in [-0.05, 0) is 6.92 Å². The van der Waals surface area contributed by atoms with Crippen molar-refractivity contribution in [3.8, 4) is 16.3 Å². The fourth-order valence-electron chi connectivity index (χ4n) is 1.40. The zero-order valence-corrected chi connectivity index (χ0v) is 9.41. The zero-order valence-electron chi connectivity index (χ0n) is 8.60. The number of ether oxygens (including phenoxy) is 1. The Morgan fingerprint density at radius 1 is 1.53 bits per heavy atom. The number of aromatic nitrogens is 3. The zero-order chi connectivity index (χ0) is 10.8. The molecule has 0 aliphatic carbocycles. The van der Waals surface area contributed by atoms with Crippen LogP contribution in [0.4, 0.5) is 5.13 Å². The topological polar surface area (TPSA) is 66.0 Å². The van der Waals surface area contributed by atoms with Gasteiger partial charge in [0.05, 0.1) is 18.2 Å². The first-order chi connectivity index (χ1) is 7.26. The van der Waals surface area contributed by atoms with Crippen LogP contribution in [0.25, 0.3) is 10.6 Å². The Labute approximate surface area is 91.5 Å². The number of nitrogen functional groups attached to an aromatic ring is 1. The highest BCUT2D eigenvalue weighted by Crippen LogP contribution is 2.34. The van der Waals surface area contributed by atoms with Crippen molar-refractivity contribution in [2.45, 2.75) is 13.5 Å². The molecular formula is C9H12N4OS. The molecule has 0 saturated carbocycles. The van der Waals surface area contributed by atoms with Crippen molar-refractivity contribution in [3.63, 3.8) is 0 Å². The third-order valence-electron chi connectivity index (χ3n) is 2.08. The minimum absolute atomic E-state index is 0.552. The second kappa shape index (κ2) is 3.90. The maximum absolute atomic E-state index is 5.60. The molecule has 6 heteroatoms. The van der Waals surface area contributed by atoms with Gasteiger partial charge in [-0.2, -0.15) is 5.10 Å². The summed E-state index contributed by atoms with van der Waals surface area (Å²) in [6.45, 7) is 2.82. The largest absolute Gasteiger partial charge is 0.493 e. The lowest BCUT2D eigenvalue weighted by molar-refractivity contribution is 0.416. The summed E-state index contributed by atoms with van der Waals surface area (Å²) in [6, 6.07) is 0. The van der Waals surface area contributed by atoms with E-state index in [0.29, 0.717) is 5.13 Å². The molecular weight excluding hydrogens is 212 g/mol. The molecule has 0 aliphatic rings. The number of hydrogen-bond donors (Lipinski definition) is 1. The van der Waals surface area contributed by atoms with Gasteiger partial charge in [-0.1, -0.05) is 11.3 Å². The molecule has 80 valence electrons. The third-order valence-corrected chi connectivity index (χ3v) is 2.92. The van der Waals surface area contributed by atoms with Gasteiger partial charge in [0, 0.05) is 12.7 Å². The van der Waals surface area contributed by atoms with Crippen LogP contribution in [-0.4, -0.2) is 21.9 Å². The number of nitrogens with two attached hydrogens (primary N) is 1. The molecule has 0 atom stereocenters. The van der Waals surface area contributed by atoms with Crippen molar-refractivity contribution in [3.05, 3.63) is 12.4 Å². The number of rotatable bonds is 3. The fourth-order valence-corrected chi connectivity index (χ4v) is 2.14. The monoisotopic (exact) mass is 224 g/mol. The molecule has 0 bridgehead atoms. The van der Waals surface area contributed by atoms with E-state index in [4.69, 9.17) is 10.5 Å². The number of anilines is 1. The van der Waals surface area contributed by atoms with Crippen LogP contribution in [0.15, 0.2) is 12.4 Å². The highest BCUT2D eigenvalue weighted by atomic mass is 32.1. The van der Waals surface area contributed by atoms with Crippen LogP contribution >= 0.6 is 11.3 Å². The minimum atomic E-state index is 0.552. The Morgan fingerprint density at radius 3 is 2.87 bits per heavy atom. The number of thiazole rings is 1. The molecule has 0 radical (unpaired) electrons. The van der Waals surface area contributed by atoms with Gasteiger partial charge in [-0.3, -0.25) is 4.68 Å². The summed E-state index contributed by atoms with van der Waals surface area (Å²) in [5.74, 6) is 0.750. The van der Waals surface area contributed by atoms with E-state index in [1.807, 2.05) is 11.6 Å². The normalized spacial score (nSPS) is 10.5. The first kappa shape index (κ1) is 9.97. The van der Waals surface area contributed by atoms with Crippen molar-refractivity contribution in [2.75, 3.05) is 12.8 Å². The quantitative estimate of drug-likeness (QED) is 0.860. The van der Waals surface area contributed by atoms with Crippen LogP contribution in [0.1, 0.15) is 6.92 Å². The molecule has 15 heavy (non-hydrogen) atoms. The fraction of sp³-hybridized carbons (Fsp3) is 0.333.